The highest BCUT2D eigenvalue weighted by Gasteiger charge is 2.29. The molecular weight excluding hydrogens is 300 g/mol. The van der Waals surface area contributed by atoms with Crippen molar-refractivity contribution < 1.29 is 14.3 Å². The number of hydrogen-bond acceptors (Lipinski definition) is 4. The first kappa shape index (κ1) is 13.4. The zero-order valence-electron chi connectivity index (χ0n) is 11.9. The second-order valence-corrected chi connectivity index (χ2v) is 6.37. The largest absolute Gasteiger partial charge is 0.486 e. The van der Waals surface area contributed by atoms with E-state index in [-0.39, 0.29) is 11.8 Å². The van der Waals surface area contributed by atoms with Crippen molar-refractivity contribution >= 4 is 27.5 Å². The molecule has 1 amide bonds. The summed E-state index contributed by atoms with van der Waals surface area (Å²) in [5, 5.41) is 0. The van der Waals surface area contributed by atoms with Crippen molar-refractivity contribution in [3.05, 3.63) is 16.9 Å². The molecule has 5 nitrogen and oxygen atoms in total. The van der Waals surface area contributed by atoms with E-state index in [1.54, 1.807) is 0 Å². The van der Waals surface area contributed by atoms with Crippen molar-refractivity contribution in [3.8, 4) is 23.8 Å². The van der Waals surface area contributed by atoms with Crippen LogP contribution in [0.1, 0.15) is 12.8 Å². The summed E-state index contributed by atoms with van der Waals surface area (Å²) < 4.78 is 14.1. The molecule has 4 rings (SSSR count). The summed E-state index contributed by atoms with van der Waals surface area (Å²) in [5.41, 5.74) is 0.926. The Labute approximate surface area is 131 Å². The summed E-state index contributed by atoms with van der Waals surface area (Å²) in [7, 11) is 0. The number of terminal acetylenes is 1. The minimum Gasteiger partial charge on any atom is -0.486 e. The molecule has 2 heterocycles. The van der Waals surface area contributed by atoms with Gasteiger partial charge in [-0.3, -0.25) is 4.79 Å². The Balaban J connectivity index is 1.90. The van der Waals surface area contributed by atoms with E-state index < -0.39 is 0 Å². The lowest BCUT2D eigenvalue weighted by atomic mass is 10.2. The highest BCUT2D eigenvalue weighted by molar-refractivity contribution is 7.16. The van der Waals surface area contributed by atoms with Crippen LogP contribution < -0.4 is 14.3 Å². The monoisotopic (exact) mass is 314 g/mol. The fraction of sp³-hybridized carbons (Fsp3) is 0.375. The maximum absolute atomic E-state index is 12.0. The summed E-state index contributed by atoms with van der Waals surface area (Å²) >= 11 is 1.45. The lowest BCUT2D eigenvalue weighted by molar-refractivity contribution is -0.119. The van der Waals surface area contributed by atoms with Gasteiger partial charge in [0.1, 0.15) is 13.2 Å². The molecule has 0 radical (unpaired) electrons. The summed E-state index contributed by atoms with van der Waals surface area (Å²) in [6, 6.07) is 3.85. The molecule has 0 N–H and O–H groups in total. The van der Waals surface area contributed by atoms with Gasteiger partial charge in [0.25, 0.3) is 5.91 Å². The van der Waals surface area contributed by atoms with Crippen molar-refractivity contribution in [3.63, 3.8) is 0 Å². The van der Waals surface area contributed by atoms with Gasteiger partial charge in [0.15, 0.2) is 16.3 Å². The molecule has 0 bridgehead atoms. The zero-order chi connectivity index (χ0) is 15.1. The standard InChI is InChI=1S/C16H14N2O3S/c1-2-5-18-11-8-12-13(21-7-6-20-12)9-14(11)22-16(18)17-15(19)10-3-4-10/h1,8-10H,3-7H2. The number of thiazole rings is 1. The van der Waals surface area contributed by atoms with Gasteiger partial charge in [-0.25, -0.2) is 0 Å². The first-order valence-electron chi connectivity index (χ1n) is 7.21. The van der Waals surface area contributed by atoms with Gasteiger partial charge < -0.3 is 14.0 Å². The lowest BCUT2D eigenvalue weighted by Gasteiger charge is -2.18. The fourth-order valence-corrected chi connectivity index (χ4v) is 3.50. The molecule has 2 aromatic rings. The van der Waals surface area contributed by atoms with Crippen LogP contribution in [0.25, 0.3) is 10.2 Å². The Morgan fingerprint density at radius 2 is 2.09 bits per heavy atom. The highest BCUT2D eigenvalue weighted by Crippen LogP contribution is 2.35. The second-order valence-electron chi connectivity index (χ2n) is 5.36. The molecule has 1 aliphatic heterocycles. The third-order valence-corrected chi connectivity index (χ3v) is 4.77. The molecule has 1 aromatic heterocycles. The molecule has 0 atom stereocenters. The molecule has 1 aliphatic carbocycles. The molecule has 0 saturated heterocycles. The van der Waals surface area contributed by atoms with Crippen molar-refractivity contribution in [2.24, 2.45) is 10.9 Å². The van der Waals surface area contributed by atoms with Gasteiger partial charge in [-0.2, -0.15) is 4.99 Å². The molecule has 6 heteroatoms. The quantitative estimate of drug-likeness (QED) is 0.796. The van der Waals surface area contributed by atoms with Crippen LogP contribution in [-0.2, 0) is 11.3 Å². The third-order valence-electron chi connectivity index (χ3n) is 3.73. The second kappa shape index (κ2) is 5.18. The van der Waals surface area contributed by atoms with E-state index in [4.69, 9.17) is 15.9 Å². The lowest BCUT2D eigenvalue weighted by Crippen LogP contribution is -2.17. The normalized spacial score (nSPS) is 17.5. The van der Waals surface area contributed by atoms with Crippen LogP contribution in [0.2, 0.25) is 0 Å². The third kappa shape index (κ3) is 2.28. The molecule has 0 spiro atoms. The van der Waals surface area contributed by atoms with E-state index in [0.29, 0.717) is 30.3 Å². The van der Waals surface area contributed by atoms with Crippen LogP contribution in [0.15, 0.2) is 17.1 Å². The van der Waals surface area contributed by atoms with Crippen molar-refractivity contribution in [2.75, 3.05) is 13.2 Å². The van der Waals surface area contributed by atoms with E-state index in [2.05, 4.69) is 10.9 Å². The van der Waals surface area contributed by atoms with Gasteiger partial charge in [0.05, 0.1) is 16.8 Å². The van der Waals surface area contributed by atoms with E-state index >= 15 is 0 Å². The molecule has 1 aromatic carbocycles. The topological polar surface area (TPSA) is 52.8 Å². The molecular formula is C16H14N2O3S. The first-order valence-corrected chi connectivity index (χ1v) is 8.03. The first-order chi connectivity index (χ1) is 10.8. The maximum atomic E-state index is 12.0. The predicted octanol–water partition coefficient (Wildman–Crippen LogP) is 1.94. The summed E-state index contributed by atoms with van der Waals surface area (Å²) in [6.45, 7) is 1.46. The zero-order valence-corrected chi connectivity index (χ0v) is 12.7. The maximum Gasteiger partial charge on any atom is 0.251 e. The number of aromatic nitrogens is 1. The minimum absolute atomic E-state index is 0.0467. The van der Waals surface area contributed by atoms with E-state index in [1.165, 1.54) is 11.3 Å². The Kier molecular flexibility index (Phi) is 3.16. The van der Waals surface area contributed by atoms with Crippen LogP contribution in [0, 0.1) is 18.3 Å². The van der Waals surface area contributed by atoms with Crippen molar-refractivity contribution in [1.82, 2.24) is 4.57 Å². The number of nitrogens with zero attached hydrogens (tertiary/aromatic N) is 2. The van der Waals surface area contributed by atoms with Gasteiger partial charge in [-0.05, 0) is 12.8 Å². The average molecular weight is 314 g/mol. The molecule has 22 heavy (non-hydrogen) atoms. The van der Waals surface area contributed by atoms with E-state index in [9.17, 15) is 4.79 Å². The number of fused-ring (bicyclic) bond motifs is 2. The Bertz CT molecular complexity index is 868. The Morgan fingerprint density at radius 3 is 2.77 bits per heavy atom. The van der Waals surface area contributed by atoms with Crippen LogP contribution in [0.5, 0.6) is 11.5 Å². The van der Waals surface area contributed by atoms with E-state index in [1.807, 2.05) is 16.7 Å². The van der Waals surface area contributed by atoms with Crippen molar-refractivity contribution in [1.29, 1.82) is 0 Å². The smallest absolute Gasteiger partial charge is 0.251 e. The van der Waals surface area contributed by atoms with Crippen LogP contribution in [0.3, 0.4) is 0 Å². The van der Waals surface area contributed by atoms with Gasteiger partial charge in [0.2, 0.25) is 0 Å². The predicted molar refractivity (Wildman–Crippen MR) is 82.9 cm³/mol. The Hall–Kier alpha value is -2.26. The molecule has 112 valence electrons. The number of carbonyl (C=O) groups excluding carboxylic acids is 1. The van der Waals surface area contributed by atoms with Gasteiger partial charge in [-0.15, -0.1) is 6.42 Å². The molecule has 1 fully saturated rings. The minimum atomic E-state index is -0.0467. The van der Waals surface area contributed by atoms with Gasteiger partial charge in [0, 0.05) is 18.1 Å². The SMILES string of the molecule is C#CCn1c(=NC(=O)C2CC2)sc2cc3c(cc21)OCCO3. The summed E-state index contributed by atoms with van der Waals surface area (Å²) in [4.78, 5) is 16.9. The summed E-state index contributed by atoms with van der Waals surface area (Å²) in [5.74, 6) is 4.12. The van der Waals surface area contributed by atoms with Gasteiger partial charge >= 0.3 is 0 Å². The number of carbonyl (C=O) groups is 1. The summed E-state index contributed by atoms with van der Waals surface area (Å²) in [6.07, 6.45) is 7.36. The highest BCUT2D eigenvalue weighted by atomic mass is 32.1. The van der Waals surface area contributed by atoms with Crippen LogP contribution in [0.4, 0.5) is 0 Å². The fourth-order valence-electron chi connectivity index (χ4n) is 2.45. The average Bonchev–Trinajstić information content (AvgIpc) is 3.32. The number of rotatable bonds is 2. The number of benzene rings is 1. The van der Waals surface area contributed by atoms with Crippen molar-refractivity contribution in [2.45, 2.75) is 19.4 Å². The number of amides is 1. The Morgan fingerprint density at radius 1 is 1.36 bits per heavy atom. The molecule has 0 unspecified atom stereocenters. The van der Waals surface area contributed by atoms with E-state index in [0.717, 1.165) is 28.8 Å². The number of ether oxygens (including phenoxy) is 2. The number of hydrogen-bond donors (Lipinski definition) is 0. The van der Waals surface area contributed by atoms with Crippen LogP contribution in [-0.4, -0.2) is 23.7 Å². The van der Waals surface area contributed by atoms with Gasteiger partial charge in [-0.1, -0.05) is 17.3 Å². The molecule has 2 aliphatic rings. The van der Waals surface area contributed by atoms with Crippen LogP contribution >= 0.6 is 11.3 Å². The molecule has 1 saturated carbocycles.